The van der Waals surface area contributed by atoms with Crippen molar-refractivity contribution in [2.75, 3.05) is 33.0 Å². The van der Waals surface area contributed by atoms with Gasteiger partial charge in [0.1, 0.15) is 0 Å². The molecule has 0 aromatic heterocycles. The van der Waals surface area contributed by atoms with E-state index in [-0.39, 0.29) is 0 Å². The SMILES string of the molecule is CC(=O)O.CCOC(N)(CCCCCCCCCCCCCCCCC(OCC)(OCC)OCC)OCC. The molecule has 0 unspecified atom stereocenters. The molecule has 0 saturated heterocycles. The summed E-state index contributed by atoms with van der Waals surface area (Å²) in [6.45, 7) is 14.0. The summed E-state index contributed by atoms with van der Waals surface area (Å²) >= 11 is 0. The molecule has 0 aromatic carbocycles. The van der Waals surface area contributed by atoms with Crippen LogP contribution in [-0.4, -0.2) is 56.0 Å². The predicted molar refractivity (Wildman–Crippen MR) is 155 cm³/mol. The van der Waals surface area contributed by atoms with Crippen LogP contribution in [-0.2, 0) is 28.5 Å². The average molecular weight is 550 g/mol. The van der Waals surface area contributed by atoms with E-state index in [9.17, 15) is 0 Å². The maximum absolute atomic E-state index is 9.00. The lowest BCUT2D eigenvalue weighted by Crippen LogP contribution is -2.45. The van der Waals surface area contributed by atoms with Gasteiger partial charge in [-0.2, -0.15) is 0 Å². The summed E-state index contributed by atoms with van der Waals surface area (Å²) in [5, 5.41) is 7.42. The fourth-order valence-electron chi connectivity index (χ4n) is 4.51. The lowest BCUT2D eigenvalue weighted by atomic mass is 10.0. The maximum Gasteiger partial charge on any atom is 0.300 e. The van der Waals surface area contributed by atoms with Gasteiger partial charge in [-0.15, -0.1) is 0 Å². The van der Waals surface area contributed by atoms with E-state index in [0.717, 1.165) is 32.6 Å². The van der Waals surface area contributed by atoms with Crippen LogP contribution in [0.25, 0.3) is 0 Å². The Labute approximate surface area is 234 Å². The Kier molecular flexibility index (Phi) is 28.8. The van der Waals surface area contributed by atoms with E-state index in [1.165, 1.54) is 77.0 Å². The first-order valence-electron chi connectivity index (χ1n) is 15.4. The first kappa shape index (κ1) is 39.4. The molecule has 0 heterocycles. The molecule has 0 amide bonds. The van der Waals surface area contributed by atoms with Crippen LogP contribution in [0.4, 0.5) is 0 Å². The molecule has 0 rings (SSSR count). The molecule has 0 fully saturated rings. The lowest BCUT2D eigenvalue weighted by molar-refractivity contribution is -0.380. The number of ether oxygens (including phenoxy) is 5. The van der Waals surface area contributed by atoms with Crippen molar-refractivity contribution in [2.45, 2.75) is 156 Å². The third-order valence-electron chi connectivity index (χ3n) is 6.13. The Balaban J connectivity index is 0. The first-order chi connectivity index (χ1) is 18.2. The molecule has 0 aliphatic carbocycles. The molecule has 0 bridgehead atoms. The van der Waals surface area contributed by atoms with Gasteiger partial charge in [-0.25, -0.2) is 0 Å². The van der Waals surface area contributed by atoms with Gasteiger partial charge in [0.15, 0.2) is 0 Å². The molecule has 0 atom stereocenters. The number of unbranched alkanes of at least 4 members (excludes halogenated alkanes) is 13. The number of hydrogen-bond acceptors (Lipinski definition) is 7. The van der Waals surface area contributed by atoms with Crippen molar-refractivity contribution in [1.82, 2.24) is 0 Å². The number of carboxylic acid groups (broad SMARTS) is 1. The standard InChI is InChI=1S/C28H59NO5.C2H4O2/c1-6-30-27(29,31-7-2)25-23-21-19-17-15-13-11-12-14-16-18-20-22-24-26-28(32-8-3,33-9-4)34-10-5;1-2(3)4/h6-26,29H2,1-5H3;1H3,(H,3,4). The minimum Gasteiger partial charge on any atom is -0.481 e. The van der Waals surface area contributed by atoms with Gasteiger partial charge < -0.3 is 28.8 Å². The second-order valence-corrected chi connectivity index (χ2v) is 9.63. The molecular formula is C30H63NO7. The Bertz CT molecular complexity index is 478. The van der Waals surface area contributed by atoms with E-state index in [2.05, 4.69) is 0 Å². The van der Waals surface area contributed by atoms with Crippen molar-refractivity contribution >= 4 is 5.97 Å². The maximum atomic E-state index is 9.00. The van der Waals surface area contributed by atoms with Gasteiger partial charge in [0.05, 0.1) is 0 Å². The molecule has 230 valence electrons. The van der Waals surface area contributed by atoms with E-state index < -0.39 is 17.9 Å². The summed E-state index contributed by atoms with van der Waals surface area (Å²) in [7, 11) is 0. The summed E-state index contributed by atoms with van der Waals surface area (Å²) in [6, 6.07) is 0. The minimum atomic E-state index is -0.884. The Morgan fingerprint density at radius 2 is 0.763 bits per heavy atom. The van der Waals surface area contributed by atoms with Crippen LogP contribution < -0.4 is 5.73 Å². The summed E-state index contributed by atoms with van der Waals surface area (Å²) < 4.78 is 28.5. The molecule has 38 heavy (non-hydrogen) atoms. The zero-order chi connectivity index (χ0) is 29.0. The summed E-state index contributed by atoms with van der Waals surface area (Å²) in [5.74, 6) is -2.55. The number of carbonyl (C=O) groups is 1. The Hall–Kier alpha value is -0.770. The van der Waals surface area contributed by atoms with E-state index in [0.29, 0.717) is 33.0 Å². The highest BCUT2D eigenvalue weighted by atomic mass is 16.9. The summed E-state index contributed by atoms with van der Waals surface area (Å²) in [4.78, 5) is 9.00. The molecule has 8 nitrogen and oxygen atoms in total. The highest BCUT2D eigenvalue weighted by molar-refractivity contribution is 5.62. The van der Waals surface area contributed by atoms with Gasteiger partial charge in [0.2, 0.25) is 5.91 Å². The molecule has 0 radical (unpaired) electrons. The zero-order valence-corrected chi connectivity index (χ0v) is 25.8. The van der Waals surface area contributed by atoms with E-state index in [1.807, 2.05) is 34.6 Å². The third-order valence-corrected chi connectivity index (χ3v) is 6.13. The zero-order valence-electron chi connectivity index (χ0n) is 25.8. The minimum absolute atomic E-state index is 0.592. The molecule has 0 saturated carbocycles. The van der Waals surface area contributed by atoms with Gasteiger partial charge in [-0.1, -0.05) is 77.0 Å². The van der Waals surface area contributed by atoms with Crippen molar-refractivity contribution < 1.29 is 33.6 Å². The molecule has 0 aromatic rings. The Morgan fingerprint density at radius 3 is 1.03 bits per heavy atom. The normalized spacial score (nSPS) is 11.9. The van der Waals surface area contributed by atoms with Crippen molar-refractivity contribution in [3.05, 3.63) is 0 Å². The van der Waals surface area contributed by atoms with Crippen molar-refractivity contribution in [2.24, 2.45) is 5.73 Å². The second kappa shape index (κ2) is 27.8. The van der Waals surface area contributed by atoms with Crippen LogP contribution in [0.5, 0.6) is 0 Å². The lowest BCUT2D eigenvalue weighted by Gasteiger charge is -2.32. The largest absolute Gasteiger partial charge is 0.481 e. The molecule has 0 aliphatic rings. The van der Waals surface area contributed by atoms with E-state index in [1.54, 1.807) is 0 Å². The van der Waals surface area contributed by atoms with Gasteiger partial charge in [-0.05, 0) is 47.5 Å². The number of carboxylic acids is 1. The number of aliphatic carboxylic acids is 1. The van der Waals surface area contributed by atoms with Crippen LogP contribution in [0.15, 0.2) is 0 Å². The number of rotatable bonds is 27. The van der Waals surface area contributed by atoms with Gasteiger partial charge in [0, 0.05) is 52.8 Å². The highest BCUT2D eigenvalue weighted by Crippen LogP contribution is 2.24. The van der Waals surface area contributed by atoms with Crippen molar-refractivity contribution in [1.29, 1.82) is 0 Å². The van der Waals surface area contributed by atoms with Crippen LogP contribution in [0, 0.1) is 0 Å². The number of hydrogen-bond donors (Lipinski definition) is 2. The molecular weight excluding hydrogens is 486 g/mol. The Morgan fingerprint density at radius 1 is 0.526 bits per heavy atom. The van der Waals surface area contributed by atoms with Crippen LogP contribution in [0.3, 0.4) is 0 Å². The molecule has 0 spiro atoms. The topological polar surface area (TPSA) is 109 Å². The van der Waals surface area contributed by atoms with Gasteiger partial charge in [0.25, 0.3) is 11.9 Å². The van der Waals surface area contributed by atoms with Crippen molar-refractivity contribution in [3.8, 4) is 0 Å². The summed E-state index contributed by atoms with van der Waals surface area (Å²) in [6.07, 6.45) is 19.6. The third kappa shape index (κ3) is 25.5. The summed E-state index contributed by atoms with van der Waals surface area (Å²) in [5.41, 5.74) is 6.16. The van der Waals surface area contributed by atoms with Crippen molar-refractivity contribution in [3.63, 3.8) is 0 Å². The van der Waals surface area contributed by atoms with Crippen LogP contribution >= 0.6 is 0 Å². The number of nitrogens with two attached hydrogens (primary N) is 1. The van der Waals surface area contributed by atoms with Crippen LogP contribution in [0.1, 0.15) is 144 Å². The molecule has 0 aliphatic heterocycles. The molecule has 3 N–H and O–H groups in total. The quantitative estimate of drug-likeness (QED) is 0.0790. The molecule has 8 heteroatoms. The predicted octanol–water partition coefficient (Wildman–Crippen LogP) is 7.77. The average Bonchev–Trinajstić information content (AvgIpc) is 2.84. The highest BCUT2D eigenvalue weighted by Gasteiger charge is 2.31. The van der Waals surface area contributed by atoms with E-state index in [4.69, 9.17) is 39.3 Å². The van der Waals surface area contributed by atoms with Gasteiger partial charge >= 0.3 is 0 Å². The van der Waals surface area contributed by atoms with Crippen LogP contribution in [0.2, 0.25) is 0 Å². The fourth-order valence-corrected chi connectivity index (χ4v) is 4.51. The first-order valence-corrected chi connectivity index (χ1v) is 15.4. The van der Waals surface area contributed by atoms with Gasteiger partial charge in [-0.3, -0.25) is 10.5 Å². The second-order valence-electron chi connectivity index (χ2n) is 9.63. The fraction of sp³-hybridized carbons (Fsp3) is 0.967. The van der Waals surface area contributed by atoms with E-state index >= 15 is 0 Å². The monoisotopic (exact) mass is 549 g/mol. The smallest absolute Gasteiger partial charge is 0.300 e.